The zero-order chi connectivity index (χ0) is 14.9. The van der Waals surface area contributed by atoms with E-state index in [1.54, 1.807) is 13.1 Å². The van der Waals surface area contributed by atoms with E-state index >= 15 is 0 Å². The van der Waals surface area contributed by atoms with Crippen molar-refractivity contribution in [1.82, 2.24) is 9.88 Å². The molecule has 2 heterocycles. The molecule has 1 aliphatic rings. The molecule has 1 unspecified atom stereocenters. The summed E-state index contributed by atoms with van der Waals surface area (Å²) in [6.07, 6.45) is 2.58. The number of amides is 1. The van der Waals surface area contributed by atoms with E-state index in [4.69, 9.17) is 11.6 Å². The van der Waals surface area contributed by atoms with E-state index < -0.39 is 0 Å². The lowest BCUT2D eigenvalue weighted by atomic mass is 9.80. The number of nitrogens with zero attached hydrogens (tertiary/aromatic N) is 2. The fraction of sp³-hybridized carbons (Fsp3) is 0.600. The van der Waals surface area contributed by atoms with Crippen molar-refractivity contribution in [2.45, 2.75) is 27.2 Å². The maximum atomic E-state index is 12.6. The summed E-state index contributed by atoms with van der Waals surface area (Å²) < 4.78 is 0. The molecule has 1 amide bonds. The number of carbonyl (C=O) groups is 1. The Bertz CT molecular complexity index is 510. The molecule has 1 N–H and O–H groups in total. The Morgan fingerprint density at radius 1 is 1.50 bits per heavy atom. The van der Waals surface area contributed by atoms with Gasteiger partial charge in [-0.1, -0.05) is 32.4 Å². The summed E-state index contributed by atoms with van der Waals surface area (Å²) in [6.45, 7) is 8.28. The van der Waals surface area contributed by atoms with Gasteiger partial charge in [-0.15, -0.1) is 0 Å². The van der Waals surface area contributed by atoms with Crippen LogP contribution in [0.25, 0.3) is 0 Å². The zero-order valence-corrected chi connectivity index (χ0v) is 13.3. The van der Waals surface area contributed by atoms with Gasteiger partial charge in [-0.25, -0.2) is 4.98 Å². The Hall–Kier alpha value is -1.29. The van der Waals surface area contributed by atoms with Crippen LogP contribution in [0.4, 0.5) is 5.82 Å². The SMILES string of the molecule is CNc1cc(C(=O)N2CCC(C(C)(C)C)C2)c(Cl)cn1. The highest BCUT2D eigenvalue weighted by Crippen LogP contribution is 2.34. The van der Waals surface area contributed by atoms with E-state index in [1.165, 1.54) is 6.20 Å². The number of halogens is 1. The van der Waals surface area contributed by atoms with Gasteiger partial charge in [-0.2, -0.15) is 0 Å². The molecular weight excluding hydrogens is 274 g/mol. The Morgan fingerprint density at radius 2 is 2.20 bits per heavy atom. The van der Waals surface area contributed by atoms with Gasteiger partial charge in [0, 0.05) is 26.3 Å². The molecule has 110 valence electrons. The molecule has 1 aliphatic heterocycles. The quantitative estimate of drug-likeness (QED) is 0.910. The van der Waals surface area contributed by atoms with Crippen molar-refractivity contribution < 1.29 is 4.79 Å². The molecule has 1 aromatic heterocycles. The molecule has 5 heteroatoms. The Kier molecular flexibility index (Phi) is 4.23. The van der Waals surface area contributed by atoms with Crippen LogP contribution >= 0.6 is 11.6 Å². The van der Waals surface area contributed by atoms with Crippen LogP contribution in [-0.2, 0) is 0 Å². The average molecular weight is 296 g/mol. The van der Waals surface area contributed by atoms with Gasteiger partial charge in [0.25, 0.3) is 5.91 Å². The van der Waals surface area contributed by atoms with Crippen LogP contribution in [0.3, 0.4) is 0 Å². The number of carbonyl (C=O) groups excluding carboxylic acids is 1. The Balaban J connectivity index is 2.17. The first-order valence-electron chi connectivity index (χ1n) is 6.95. The Morgan fingerprint density at radius 3 is 2.75 bits per heavy atom. The molecule has 1 saturated heterocycles. The van der Waals surface area contributed by atoms with Gasteiger partial charge in [-0.3, -0.25) is 4.79 Å². The van der Waals surface area contributed by atoms with Crippen LogP contribution in [0.2, 0.25) is 5.02 Å². The molecule has 1 fully saturated rings. The highest BCUT2D eigenvalue weighted by Gasteiger charge is 2.34. The monoisotopic (exact) mass is 295 g/mol. The van der Waals surface area contributed by atoms with Crippen molar-refractivity contribution in [1.29, 1.82) is 0 Å². The van der Waals surface area contributed by atoms with Gasteiger partial charge in [0.15, 0.2) is 0 Å². The molecule has 1 atom stereocenters. The predicted octanol–water partition coefficient (Wildman–Crippen LogP) is 3.28. The number of hydrogen-bond donors (Lipinski definition) is 1. The lowest BCUT2D eigenvalue weighted by Gasteiger charge is -2.27. The van der Waals surface area contributed by atoms with E-state index in [0.717, 1.165) is 19.5 Å². The standard InChI is InChI=1S/C15H22ClN3O/c1-15(2,3)10-5-6-19(9-10)14(20)11-7-13(17-4)18-8-12(11)16/h7-8,10H,5-6,9H2,1-4H3,(H,17,18). The highest BCUT2D eigenvalue weighted by atomic mass is 35.5. The molecule has 0 aliphatic carbocycles. The summed E-state index contributed by atoms with van der Waals surface area (Å²) >= 11 is 6.11. The van der Waals surface area contributed by atoms with Crippen LogP contribution in [0.1, 0.15) is 37.6 Å². The van der Waals surface area contributed by atoms with Gasteiger partial charge in [0.1, 0.15) is 5.82 Å². The number of nitrogens with one attached hydrogen (secondary N) is 1. The highest BCUT2D eigenvalue weighted by molar-refractivity contribution is 6.33. The average Bonchev–Trinajstić information content (AvgIpc) is 2.88. The smallest absolute Gasteiger partial charge is 0.255 e. The fourth-order valence-electron chi connectivity index (χ4n) is 2.56. The third-order valence-electron chi connectivity index (χ3n) is 4.04. The normalized spacial score (nSPS) is 19.2. The number of pyridine rings is 1. The van der Waals surface area contributed by atoms with Crippen LogP contribution in [0, 0.1) is 11.3 Å². The number of hydrogen-bond acceptors (Lipinski definition) is 3. The van der Waals surface area contributed by atoms with Crippen molar-refractivity contribution in [2.24, 2.45) is 11.3 Å². The summed E-state index contributed by atoms with van der Waals surface area (Å²) in [7, 11) is 1.77. The minimum atomic E-state index is 0.000602. The van der Waals surface area contributed by atoms with E-state index in [9.17, 15) is 4.79 Å². The molecule has 0 spiro atoms. The number of anilines is 1. The van der Waals surface area contributed by atoms with Gasteiger partial charge >= 0.3 is 0 Å². The molecule has 1 aromatic rings. The van der Waals surface area contributed by atoms with Crippen molar-refractivity contribution in [3.8, 4) is 0 Å². The summed E-state index contributed by atoms with van der Waals surface area (Å²) in [5, 5.41) is 3.34. The van der Waals surface area contributed by atoms with Crippen molar-refractivity contribution in [3.05, 3.63) is 22.8 Å². The summed E-state index contributed by atoms with van der Waals surface area (Å²) in [4.78, 5) is 18.6. The molecule has 0 saturated carbocycles. The first-order valence-corrected chi connectivity index (χ1v) is 7.33. The minimum absolute atomic E-state index is 0.000602. The number of likely N-dealkylation sites (tertiary alicyclic amines) is 1. The lowest BCUT2D eigenvalue weighted by molar-refractivity contribution is 0.0776. The maximum Gasteiger partial charge on any atom is 0.255 e. The Labute approximate surface area is 125 Å². The largest absolute Gasteiger partial charge is 0.373 e. The van der Waals surface area contributed by atoms with E-state index in [1.807, 2.05) is 4.90 Å². The van der Waals surface area contributed by atoms with Crippen LogP contribution in [-0.4, -0.2) is 35.9 Å². The predicted molar refractivity (Wildman–Crippen MR) is 82.3 cm³/mol. The second-order valence-electron chi connectivity index (χ2n) is 6.40. The number of aromatic nitrogens is 1. The molecule has 4 nitrogen and oxygen atoms in total. The van der Waals surface area contributed by atoms with Crippen molar-refractivity contribution in [3.63, 3.8) is 0 Å². The number of rotatable bonds is 2. The third kappa shape index (κ3) is 3.06. The maximum absolute atomic E-state index is 12.6. The first kappa shape index (κ1) is 15.1. The molecule has 0 bridgehead atoms. The van der Waals surface area contributed by atoms with E-state index in [0.29, 0.717) is 22.3 Å². The van der Waals surface area contributed by atoms with E-state index in [2.05, 4.69) is 31.1 Å². The zero-order valence-electron chi connectivity index (χ0n) is 12.5. The van der Waals surface area contributed by atoms with Gasteiger partial charge in [-0.05, 0) is 23.8 Å². The topological polar surface area (TPSA) is 45.2 Å². The molecule has 20 heavy (non-hydrogen) atoms. The second kappa shape index (κ2) is 5.60. The summed E-state index contributed by atoms with van der Waals surface area (Å²) in [6, 6.07) is 1.72. The van der Waals surface area contributed by atoms with Crippen LogP contribution in [0.5, 0.6) is 0 Å². The van der Waals surface area contributed by atoms with Crippen LogP contribution in [0.15, 0.2) is 12.3 Å². The van der Waals surface area contributed by atoms with Gasteiger partial charge in [0.05, 0.1) is 10.6 Å². The molecular formula is C15H22ClN3O. The van der Waals surface area contributed by atoms with Crippen LogP contribution < -0.4 is 5.32 Å². The first-order chi connectivity index (χ1) is 9.32. The molecule has 0 radical (unpaired) electrons. The molecule has 0 aromatic carbocycles. The van der Waals surface area contributed by atoms with Crippen molar-refractivity contribution in [2.75, 3.05) is 25.5 Å². The van der Waals surface area contributed by atoms with Crippen molar-refractivity contribution >= 4 is 23.3 Å². The van der Waals surface area contributed by atoms with Gasteiger partial charge in [0.2, 0.25) is 0 Å². The van der Waals surface area contributed by atoms with Gasteiger partial charge < -0.3 is 10.2 Å². The second-order valence-corrected chi connectivity index (χ2v) is 6.81. The summed E-state index contributed by atoms with van der Waals surface area (Å²) in [5.41, 5.74) is 0.758. The van der Waals surface area contributed by atoms with E-state index in [-0.39, 0.29) is 11.3 Å². The fourth-order valence-corrected chi connectivity index (χ4v) is 2.75. The third-order valence-corrected chi connectivity index (χ3v) is 4.34. The molecule has 2 rings (SSSR count). The summed E-state index contributed by atoms with van der Waals surface area (Å²) in [5.74, 6) is 1.20. The minimum Gasteiger partial charge on any atom is -0.373 e. The lowest BCUT2D eigenvalue weighted by Crippen LogP contribution is -2.31.